The zero-order valence-electron chi connectivity index (χ0n) is 19.8. The van der Waals surface area contributed by atoms with Crippen molar-refractivity contribution in [1.82, 2.24) is 14.5 Å². The number of para-hydroxylation sites is 3. The van der Waals surface area contributed by atoms with Crippen LogP contribution in [0.5, 0.6) is 5.75 Å². The SMILES string of the molecule is Cc1cccc(N2CCN(C(=O)Cn3c(COc4ccccc4)nc4ccccc43)CC2)c1C. The van der Waals surface area contributed by atoms with Crippen LogP contribution in [0.2, 0.25) is 0 Å². The molecular weight excluding hydrogens is 424 g/mol. The molecule has 0 radical (unpaired) electrons. The van der Waals surface area contributed by atoms with Gasteiger partial charge in [0.1, 0.15) is 24.7 Å². The molecule has 1 saturated heterocycles. The summed E-state index contributed by atoms with van der Waals surface area (Å²) in [6.45, 7) is 8.00. The Morgan fingerprint density at radius 1 is 0.882 bits per heavy atom. The van der Waals surface area contributed by atoms with Crippen molar-refractivity contribution in [3.8, 4) is 5.75 Å². The van der Waals surface area contributed by atoms with Gasteiger partial charge in [-0.3, -0.25) is 4.79 Å². The highest BCUT2D eigenvalue weighted by Crippen LogP contribution is 2.24. The van der Waals surface area contributed by atoms with E-state index in [1.807, 2.05) is 64.1 Å². The minimum absolute atomic E-state index is 0.115. The number of aryl methyl sites for hydroxylation is 1. The molecule has 0 atom stereocenters. The number of fused-ring (bicyclic) bond motifs is 1. The third-order valence-electron chi connectivity index (χ3n) is 6.69. The van der Waals surface area contributed by atoms with Gasteiger partial charge in [-0.2, -0.15) is 0 Å². The van der Waals surface area contributed by atoms with Crippen molar-refractivity contribution < 1.29 is 9.53 Å². The Balaban J connectivity index is 1.29. The Kier molecular flexibility index (Phi) is 6.21. The third kappa shape index (κ3) is 4.49. The Bertz CT molecular complexity index is 1290. The summed E-state index contributed by atoms with van der Waals surface area (Å²) in [4.78, 5) is 22.4. The fourth-order valence-electron chi connectivity index (χ4n) is 4.59. The number of carbonyl (C=O) groups is 1. The standard InChI is InChI=1S/C28H30N4O2/c1-21-9-8-14-25(22(21)2)30-15-17-31(18-16-30)28(33)19-32-26-13-7-6-12-24(26)29-27(32)20-34-23-10-4-3-5-11-23/h3-14H,15-20H2,1-2H3. The number of ether oxygens (including phenoxy) is 1. The van der Waals surface area contributed by atoms with Crippen LogP contribution in [-0.2, 0) is 17.9 Å². The van der Waals surface area contributed by atoms with E-state index in [1.54, 1.807) is 0 Å². The number of aromatic nitrogens is 2. The predicted molar refractivity (Wildman–Crippen MR) is 135 cm³/mol. The van der Waals surface area contributed by atoms with E-state index in [-0.39, 0.29) is 12.5 Å². The van der Waals surface area contributed by atoms with E-state index in [4.69, 9.17) is 9.72 Å². The van der Waals surface area contributed by atoms with Crippen LogP contribution in [-0.4, -0.2) is 46.5 Å². The van der Waals surface area contributed by atoms with E-state index in [2.05, 4.69) is 36.9 Å². The van der Waals surface area contributed by atoms with Crippen molar-refractivity contribution in [2.75, 3.05) is 31.1 Å². The Labute approximate surface area is 200 Å². The molecule has 1 fully saturated rings. The lowest BCUT2D eigenvalue weighted by atomic mass is 10.1. The van der Waals surface area contributed by atoms with E-state index in [9.17, 15) is 4.79 Å². The fraction of sp³-hybridized carbons (Fsp3) is 0.286. The molecule has 6 heteroatoms. The van der Waals surface area contributed by atoms with Crippen molar-refractivity contribution >= 4 is 22.6 Å². The smallest absolute Gasteiger partial charge is 0.242 e. The average Bonchev–Trinajstić information content (AvgIpc) is 3.22. The molecule has 1 aliphatic rings. The van der Waals surface area contributed by atoms with Gasteiger partial charge in [0.05, 0.1) is 11.0 Å². The summed E-state index contributed by atoms with van der Waals surface area (Å²) in [6.07, 6.45) is 0. The van der Waals surface area contributed by atoms with E-state index < -0.39 is 0 Å². The lowest BCUT2D eigenvalue weighted by molar-refractivity contribution is -0.132. The Morgan fingerprint density at radius 2 is 1.62 bits per heavy atom. The quantitative estimate of drug-likeness (QED) is 0.428. The first-order chi connectivity index (χ1) is 16.6. The minimum Gasteiger partial charge on any atom is -0.486 e. The van der Waals surface area contributed by atoms with Gasteiger partial charge in [0.25, 0.3) is 0 Å². The summed E-state index contributed by atoms with van der Waals surface area (Å²) < 4.78 is 7.96. The van der Waals surface area contributed by atoms with Crippen LogP contribution in [0.4, 0.5) is 5.69 Å². The molecule has 1 aliphatic heterocycles. The Hall–Kier alpha value is -3.80. The van der Waals surface area contributed by atoms with Crippen LogP contribution in [0.1, 0.15) is 17.0 Å². The zero-order chi connectivity index (χ0) is 23.5. The van der Waals surface area contributed by atoms with Crippen molar-refractivity contribution in [3.05, 3.63) is 89.7 Å². The molecule has 5 rings (SSSR count). The van der Waals surface area contributed by atoms with Crippen LogP contribution in [0.25, 0.3) is 11.0 Å². The molecule has 1 aromatic heterocycles. The number of rotatable bonds is 6. The van der Waals surface area contributed by atoms with Gasteiger partial charge in [-0.25, -0.2) is 4.98 Å². The maximum absolute atomic E-state index is 13.3. The van der Waals surface area contributed by atoms with Gasteiger partial charge in [-0.15, -0.1) is 0 Å². The predicted octanol–water partition coefficient (Wildman–Crippen LogP) is 4.58. The number of nitrogens with zero attached hydrogens (tertiary/aromatic N) is 4. The fourth-order valence-corrected chi connectivity index (χ4v) is 4.59. The number of anilines is 1. The van der Waals surface area contributed by atoms with Gasteiger partial charge in [0, 0.05) is 31.9 Å². The minimum atomic E-state index is 0.115. The molecule has 0 N–H and O–H groups in total. The van der Waals surface area contributed by atoms with Crippen LogP contribution in [0, 0.1) is 13.8 Å². The topological polar surface area (TPSA) is 50.6 Å². The first-order valence-electron chi connectivity index (χ1n) is 11.8. The van der Waals surface area contributed by atoms with Gasteiger partial charge in [-0.05, 0) is 55.3 Å². The normalized spacial score (nSPS) is 13.9. The molecule has 1 amide bonds. The lowest BCUT2D eigenvalue weighted by Gasteiger charge is -2.37. The second-order valence-corrected chi connectivity index (χ2v) is 8.79. The van der Waals surface area contributed by atoms with Crippen molar-refractivity contribution in [2.24, 2.45) is 0 Å². The van der Waals surface area contributed by atoms with Crippen molar-refractivity contribution in [3.63, 3.8) is 0 Å². The number of carbonyl (C=O) groups excluding carboxylic acids is 1. The number of hydrogen-bond donors (Lipinski definition) is 0. The maximum Gasteiger partial charge on any atom is 0.242 e. The molecule has 0 spiro atoms. The van der Waals surface area contributed by atoms with Crippen molar-refractivity contribution in [2.45, 2.75) is 27.0 Å². The van der Waals surface area contributed by atoms with Gasteiger partial charge < -0.3 is 19.1 Å². The summed E-state index contributed by atoms with van der Waals surface area (Å²) in [6, 6.07) is 24.1. The average molecular weight is 455 g/mol. The lowest BCUT2D eigenvalue weighted by Crippen LogP contribution is -2.49. The maximum atomic E-state index is 13.3. The first-order valence-corrected chi connectivity index (χ1v) is 11.8. The highest BCUT2D eigenvalue weighted by Gasteiger charge is 2.24. The molecular formula is C28H30N4O2. The Morgan fingerprint density at radius 3 is 2.41 bits per heavy atom. The van der Waals surface area contributed by atoms with E-state index in [1.165, 1.54) is 16.8 Å². The first kappa shape index (κ1) is 22.0. The monoisotopic (exact) mass is 454 g/mol. The second-order valence-electron chi connectivity index (χ2n) is 8.79. The van der Waals surface area contributed by atoms with E-state index in [0.717, 1.165) is 35.7 Å². The third-order valence-corrected chi connectivity index (χ3v) is 6.69. The molecule has 2 heterocycles. The number of imidazole rings is 1. The van der Waals surface area contributed by atoms with Crippen LogP contribution in [0.3, 0.4) is 0 Å². The molecule has 0 aliphatic carbocycles. The highest BCUT2D eigenvalue weighted by atomic mass is 16.5. The molecule has 6 nitrogen and oxygen atoms in total. The number of piperazine rings is 1. The van der Waals surface area contributed by atoms with Gasteiger partial charge >= 0.3 is 0 Å². The van der Waals surface area contributed by atoms with Crippen LogP contribution in [0.15, 0.2) is 72.8 Å². The largest absolute Gasteiger partial charge is 0.486 e. The summed E-state index contributed by atoms with van der Waals surface area (Å²) in [7, 11) is 0. The molecule has 3 aromatic carbocycles. The molecule has 174 valence electrons. The molecule has 4 aromatic rings. The van der Waals surface area contributed by atoms with Crippen LogP contribution < -0.4 is 9.64 Å². The van der Waals surface area contributed by atoms with Gasteiger partial charge in [0.15, 0.2) is 0 Å². The summed E-state index contributed by atoms with van der Waals surface area (Å²) >= 11 is 0. The summed E-state index contributed by atoms with van der Waals surface area (Å²) in [5.41, 5.74) is 5.72. The molecule has 0 bridgehead atoms. The van der Waals surface area contributed by atoms with Crippen molar-refractivity contribution in [1.29, 1.82) is 0 Å². The number of benzene rings is 3. The zero-order valence-corrected chi connectivity index (χ0v) is 19.8. The number of amides is 1. The second kappa shape index (κ2) is 9.59. The van der Waals surface area contributed by atoms with E-state index >= 15 is 0 Å². The van der Waals surface area contributed by atoms with Crippen LogP contribution >= 0.6 is 0 Å². The molecule has 34 heavy (non-hydrogen) atoms. The highest BCUT2D eigenvalue weighted by molar-refractivity contribution is 5.81. The molecule has 0 saturated carbocycles. The van der Waals surface area contributed by atoms with Gasteiger partial charge in [0.2, 0.25) is 5.91 Å². The van der Waals surface area contributed by atoms with Gasteiger partial charge in [-0.1, -0.05) is 42.5 Å². The summed E-state index contributed by atoms with van der Waals surface area (Å²) in [5.74, 6) is 1.66. The molecule has 0 unspecified atom stereocenters. The van der Waals surface area contributed by atoms with E-state index in [0.29, 0.717) is 19.7 Å². The summed E-state index contributed by atoms with van der Waals surface area (Å²) in [5, 5.41) is 0. The number of hydrogen-bond acceptors (Lipinski definition) is 4.